The van der Waals surface area contributed by atoms with Crippen LogP contribution in [-0.4, -0.2) is 59.4 Å². The number of rotatable bonds is 12. The van der Waals surface area contributed by atoms with Crippen molar-refractivity contribution in [2.24, 2.45) is 17.4 Å². The monoisotopic (exact) mass is 387 g/mol. The summed E-state index contributed by atoms with van der Waals surface area (Å²) in [7, 11) is 0. The fourth-order valence-electron chi connectivity index (χ4n) is 2.09. The summed E-state index contributed by atoms with van der Waals surface area (Å²) < 4.78 is 0. The topological polar surface area (TPSA) is 194 Å². The number of carbonyl (C=O) groups excluding carboxylic acids is 4. The molecule has 0 aromatic rings. The Hall–Kier alpha value is -2.69. The normalized spacial score (nSPS) is 14.0. The van der Waals surface area contributed by atoms with Gasteiger partial charge in [0.15, 0.2) is 0 Å². The zero-order chi connectivity index (χ0) is 21.1. The minimum Gasteiger partial charge on any atom is -0.480 e. The van der Waals surface area contributed by atoms with Gasteiger partial charge in [0, 0.05) is 6.42 Å². The lowest BCUT2D eigenvalue weighted by atomic mass is 10.0. The molecule has 154 valence electrons. The van der Waals surface area contributed by atoms with Crippen molar-refractivity contribution >= 4 is 29.6 Å². The summed E-state index contributed by atoms with van der Waals surface area (Å²) in [4.78, 5) is 57.7. The largest absolute Gasteiger partial charge is 0.480 e. The van der Waals surface area contributed by atoms with E-state index in [0.29, 0.717) is 6.42 Å². The van der Waals surface area contributed by atoms with Crippen molar-refractivity contribution < 1.29 is 29.1 Å². The maximum atomic E-state index is 12.2. The molecule has 0 aliphatic carbocycles. The van der Waals surface area contributed by atoms with Crippen molar-refractivity contribution in [3.05, 3.63) is 0 Å². The zero-order valence-corrected chi connectivity index (χ0v) is 15.8. The minimum absolute atomic E-state index is 0.0611. The van der Waals surface area contributed by atoms with E-state index in [0.717, 1.165) is 0 Å². The van der Waals surface area contributed by atoms with Crippen LogP contribution in [-0.2, 0) is 24.0 Å². The van der Waals surface area contributed by atoms with Crippen molar-refractivity contribution in [3.63, 3.8) is 0 Å². The molecule has 0 saturated carbocycles. The maximum Gasteiger partial charge on any atom is 0.325 e. The number of nitrogens with one attached hydrogen (secondary N) is 3. The van der Waals surface area contributed by atoms with Crippen LogP contribution in [0.25, 0.3) is 0 Å². The van der Waals surface area contributed by atoms with E-state index >= 15 is 0 Å². The molecule has 0 aromatic carbocycles. The number of hydrogen-bond donors (Lipinski definition) is 6. The van der Waals surface area contributed by atoms with Crippen LogP contribution in [0.2, 0.25) is 0 Å². The van der Waals surface area contributed by atoms with E-state index in [1.54, 1.807) is 0 Å². The SMILES string of the molecule is CC(C)C[C@H](N)C(=O)N[C@@H](CCC(N)=O)C(=O)NCC(=O)N[C@@H](C)C(=O)O. The number of amides is 4. The second-order valence-electron chi connectivity index (χ2n) is 6.65. The standard InChI is InChI=1S/C16H29N5O6/c1-8(2)6-10(17)14(24)21-11(4-5-12(18)22)15(25)19-7-13(23)20-9(3)16(26)27/h8-11H,4-7,17H2,1-3H3,(H2,18,22)(H,19,25)(H,20,23)(H,21,24)(H,26,27)/t9-,10-,11-/m0/s1. The summed E-state index contributed by atoms with van der Waals surface area (Å²) in [6.45, 7) is 4.56. The molecular formula is C16H29N5O6. The molecule has 8 N–H and O–H groups in total. The van der Waals surface area contributed by atoms with Gasteiger partial charge in [0.05, 0.1) is 12.6 Å². The highest BCUT2D eigenvalue weighted by atomic mass is 16.4. The van der Waals surface area contributed by atoms with Crippen LogP contribution in [0, 0.1) is 5.92 Å². The summed E-state index contributed by atoms with van der Waals surface area (Å²) in [6.07, 6.45) is 0.194. The fourth-order valence-corrected chi connectivity index (χ4v) is 2.09. The number of aliphatic carboxylic acids is 1. The third-order valence-electron chi connectivity index (χ3n) is 3.55. The molecule has 0 aliphatic rings. The zero-order valence-electron chi connectivity index (χ0n) is 15.8. The van der Waals surface area contributed by atoms with Gasteiger partial charge in [-0.3, -0.25) is 24.0 Å². The average molecular weight is 387 g/mol. The predicted molar refractivity (Wildman–Crippen MR) is 96.0 cm³/mol. The molecule has 11 nitrogen and oxygen atoms in total. The van der Waals surface area contributed by atoms with Gasteiger partial charge in [-0.2, -0.15) is 0 Å². The molecule has 0 bridgehead atoms. The van der Waals surface area contributed by atoms with Gasteiger partial charge in [0.2, 0.25) is 23.6 Å². The highest BCUT2D eigenvalue weighted by molar-refractivity contribution is 5.92. The number of carbonyl (C=O) groups is 5. The van der Waals surface area contributed by atoms with Crippen LogP contribution in [0.4, 0.5) is 0 Å². The second kappa shape index (κ2) is 11.8. The van der Waals surface area contributed by atoms with Gasteiger partial charge >= 0.3 is 5.97 Å². The molecule has 11 heteroatoms. The lowest BCUT2D eigenvalue weighted by Gasteiger charge is -2.21. The molecule has 0 heterocycles. The number of primary amides is 1. The third kappa shape index (κ3) is 10.8. The van der Waals surface area contributed by atoms with Crippen LogP contribution in [0.3, 0.4) is 0 Å². The lowest BCUT2D eigenvalue weighted by Crippen LogP contribution is -2.53. The fraction of sp³-hybridized carbons (Fsp3) is 0.688. The Morgan fingerprint density at radius 1 is 1.00 bits per heavy atom. The first-order chi connectivity index (χ1) is 12.4. The summed E-state index contributed by atoms with van der Waals surface area (Å²) in [5.74, 6) is -3.68. The van der Waals surface area contributed by atoms with Crippen molar-refractivity contribution in [3.8, 4) is 0 Å². The van der Waals surface area contributed by atoms with E-state index < -0.39 is 54.3 Å². The van der Waals surface area contributed by atoms with Gasteiger partial charge in [-0.05, 0) is 25.7 Å². The second-order valence-corrected chi connectivity index (χ2v) is 6.65. The number of nitrogens with two attached hydrogens (primary N) is 2. The van der Waals surface area contributed by atoms with Gasteiger partial charge in [-0.1, -0.05) is 13.8 Å². The first-order valence-electron chi connectivity index (χ1n) is 8.58. The molecule has 0 aliphatic heterocycles. The predicted octanol–water partition coefficient (Wildman–Crippen LogP) is -2.18. The van der Waals surface area contributed by atoms with Gasteiger partial charge < -0.3 is 32.5 Å². The van der Waals surface area contributed by atoms with Gasteiger partial charge in [-0.15, -0.1) is 0 Å². The molecular weight excluding hydrogens is 358 g/mol. The highest BCUT2D eigenvalue weighted by Gasteiger charge is 2.25. The van der Waals surface area contributed by atoms with Crippen LogP contribution >= 0.6 is 0 Å². The van der Waals surface area contributed by atoms with E-state index in [-0.39, 0.29) is 18.8 Å². The molecule has 0 radical (unpaired) electrons. The Bertz CT molecular complexity index is 566. The molecule has 4 amide bonds. The van der Waals surface area contributed by atoms with Crippen LogP contribution < -0.4 is 27.4 Å². The van der Waals surface area contributed by atoms with Gasteiger partial charge in [0.25, 0.3) is 0 Å². The highest BCUT2D eigenvalue weighted by Crippen LogP contribution is 2.04. The molecule has 0 aromatic heterocycles. The quantitative estimate of drug-likeness (QED) is 0.219. The summed E-state index contributed by atoms with van der Waals surface area (Å²) in [6, 6.07) is -3.05. The minimum atomic E-state index is -1.22. The Morgan fingerprint density at radius 3 is 2.07 bits per heavy atom. The van der Waals surface area contributed by atoms with Gasteiger partial charge in [-0.25, -0.2) is 0 Å². The molecule has 3 atom stereocenters. The Labute approximate surface area is 157 Å². The number of hydrogen-bond acceptors (Lipinski definition) is 6. The van der Waals surface area contributed by atoms with Crippen LogP contribution in [0.1, 0.15) is 40.0 Å². The van der Waals surface area contributed by atoms with Crippen molar-refractivity contribution in [2.75, 3.05) is 6.54 Å². The van der Waals surface area contributed by atoms with Crippen molar-refractivity contribution in [2.45, 2.75) is 58.2 Å². The van der Waals surface area contributed by atoms with E-state index in [1.807, 2.05) is 13.8 Å². The summed E-state index contributed by atoms with van der Waals surface area (Å²) in [5.41, 5.74) is 10.8. The number of carboxylic acid groups (broad SMARTS) is 1. The Morgan fingerprint density at radius 2 is 1.59 bits per heavy atom. The summed E-state index contributed by atoms with van der Waals surface area (Å²) >= 11 is 0. The van der Waals surface area contributed by atoms with E-state index in [2.05, 4.69) is 16.0 Å². The van der Waals surface area contributed by atoms with E-state index in [9.17, 15) is 24.0 Å². The van der Waals surface area contributed by atoms with Crippen LogP contribution in [0.15, 0.2) is 0 Å². The first-order valence-corrected chi connectivity index (χ1v) is 8.58. The molecule has 0 spiro atoms. The summed E-state index contributed by atoms with van der Waals surface area (Å²) in [5, 5.41) is 15.6. The first kappa shape index (κ1) is 24.3. The molecule has 27 heavy (non-hydrogen) atoms. The lowest BCUT2D eigenvalue weighted by molar-refractivity contribution is -0.141. The smallest absolute Gasteiger partial charge is 0.325 e. The molecule has 0 unspecified atom stereocenters. The maximum absolute atomic E-state index is 12.2. The molecule has 0 fully saturated rings. The number of carboxylic acids is 1. The average Bonchev–Trinajstić information content (AvgIpc) is 2.55. The Balaban J connectivity index is 4.79. The Kier molecular flexibility index (Phi) is 10.7. The van der Waals surface area contributed by atoms with Crippen LogP contribution in [0.5, 0.6) is 0 Å². The van der Waals surface area contributed by atoms with E-state index in [4.69, 9.17) is 16.6 Å². The van der Waals surface area contributed by atoms with Gasteiger partial charge in [0.1, 0.15) is 12.1 Å². The molecule has 0 saturated heterocycles. The van der Waals surface area contributed by atoms with E-state index in [1.165, 1.54) is 6.92 Å². The third-order valence-corrected chi connectivity index (χ3v) is 3.55. The molecule has 0 rings (SSSR count). The van der Waals surface area contributed by atoms with Crippen molar-refractivity contribution in [1.29, 1.82) is 0 Å². The van der Waals surface area contributed by atoms with Crippen molar-refractivity contribution in [1.82, 2.24) is 16.0 Å².